The normalized spacial score (nSPS) is 16.5. The van der Waals surface area contributed by atoms with Crippen molar-refractivity contribution in [2.24, 2.45) is 0 Å². The Morgan fingerprint density at radius 2 is 1.97 bits per heavy atom. The van der Waals surface area contributed by atoms with Gasteiger partial charge in [-0.05, 0) is 35.7 Å². The molecule has 3 heterocycles. The minimum atomic E-state index is -1.01. The van der Waals surface area contributed by atoms with Gasteiger partial charge in [-0.25, -0.2) is 8.78 Å². The molecule has 3 aromatic rings. The number of rotatable bonds is 3. The van der Waals surface area contributed by atoms with E-state index in [1.54, 1.807) is 11.0 Å². The molecule has 34 heavy (non-hydrogen) atoms. The predicted molar refractivity (Wildman–Crippen MR) is 119 cm³/mol. The van der Waals surface area contributed by atoms with Gasteiger partial charge in [-0.2, -0.15) is 0 Å². The van der Waals surface area contributed by atoms with Crippen molar-refractivity contribution < 1.29 is 23.5 Å². The summed E-state index contributed by atoms with van der Waals surface area (Å²) in [6.45, 7) is 0.386. The Morgan fingerprint density at radius 3 is 2.74 bits per heavy atom. The zero-order chi connectivity index (χ0) is 24.1. The first-order valence-electron chi connectivity index (χ1n) is 10.5. The molecule has 174 valence electrons. The monoisotopic (exact) mass is 485 g/mol. The second-order valence-electron chi connectivity index (χ2n) is 8.25. The molecular formula is C24H18ClF2N3O4. The quantitative estimate of drug-likeness (QED) is 0.596. The van der Waals surface area contributed by atoms with Crippen molar-refractivity contribution in [1.29, 1.82) is 0 Å². The number of hydrogen-bond donors (Lipinski definition) is 2. The zero-order valence-electron chi connectivity index (χ0n) is 17.6. The summed E-state index contributed by atoms with van der Waals surface area (Å²) in [5.41, 5.74) is 0.223. The standard InChI is InChI=1S/C24H18ClF2N3O4/c25-14-2-4-16-12(7-14)5-6-29-11-19(16)30-10-17(21(31)22(32)20(30)24(29)34)23(33)28-9-13-1-3-15(26)8-18(13)27/h1-4,7-8,10,19,32H,5-6,9,11H2,(H,28,33). The molecule has 2 aliphatic heterocycles. The van der Waals surface area contributed by atoms with Crippen LogP contribution in [0.1, 0.15) is 43.6 Å². The summed E-state index contributed by atoms with van der Waals surface area (Å²) in [6.07, 6.45) is 1.80. The minimum absolute atomic E-state index is 0.0254. The van der Waals surface area contributed by atoms with Crippen molar-refractivity contribution in [3.8, 4) is 5.75 Å². The second-order valence-corrected chi connectivity index (χ2v) is 8.69. The molecule has 0 spiro atoms. The van der Waals surface area contributed by atoms with E-state index in [4.69, 9.17) is 11.6 Å². The van der Waals surface area contributed by atoms with Gasteiger partial charge in [0, 0.05) is 42.5 Å². The Labute approximate surface area is 197 Å². The van der Waals surface area contributed by atoms with Crippen LogP contribution in [0.5, 0.6) is 5.75 Å². The van der Waals surface area contributed by atoms with Crippen molar-refractivity contribution in [2.75, 3.05) is 13.1 Å². The summed E-state index contributed by atoms with van der Waals surface area (Å²) in [6, 6.07) is 7.84. The number of fused-ring (bicyclic) bond motifs is 6. The van der Waals surface area contributed by atoms with Crippen LogP contribution in [0.4, 0.5) is 8.78 Å². The van der Waals surface area contributed by atoms with Gasteiger partial charge in [0.2, 0.25) is 5.43 Å². The summed E-state index contributed by atoms with van der Waals surface area (Å²) < 4.78 is 28.5. The highest BCUT2D eigenvalue weighted by atomic mass is 35.5. The van der Waals surface area contributed by atoms with Crippen LogP contribution in [0.3, 0.4) is 0 Å². The average Bonchev–Trinajstić information content (AvgIpc) is 2.96. The van der Waals surface area contributed by atoms with E-state index in [9.17, 15) is 28.3 Å². The SMILES string of the molecule is O=C(NCc1ccc(F)cc1F)c1cn2c(c(O)c1=O)C(=O)N1CCc3cc(Cl)ccc3C2C1. The molecule has 2 amide bonds. The van der Waals surface area contributed by atoms with Crippen molar-refractivity contribution in [3.63, 3.8) is 0 Å². The van der Waals surface area contributed by atoms with Gasteiger partial charge in [0.1, 0.15) is 17.2 Å². The largest absolute Gasteiger partial charge is 0.503 e. The minimum Gasteiger partial charge on any atom is -0.503 e. The molecule has 0 aliphatic carbocycles. The van der Waals surface area contributed by atoms with Crippen LogP contribution in [-0.2, 0) is 13.0 Å². The number of carbonyl (C=O) groups excluding carboxylic acids is 2. The lowest BCUT2D eigenvalue weighted by Crippen LogP contribution is -2.45. The van der Waals surface area contributed by atoms with E-state index in [1.165, 1.54) is 16.8 Å². The maximum Gasteiger partial charge on any atom is 0.274 e. The van der Waals surface area contributed by atoms with Crippen molar-refractivity contribution in [1.82, 2.24) is 14.8 Å². The fourth-order valence-electron chi connectivity index (χ4n) is 4.52. The maximum atomic E-state index is 13.9. The Bertz CT molecular complexity index is 1420. The molecule has 7 nitrogen and oxygen atoms in total. The number of amides is 2. The first-order chi connectivity index (χ1) is 16.2. The molecule has 10 heteroatoms. The van der Waals surface area contributed by atoms with Gasteiger partial charge in [0.25, 0.3) is 11.8 Å². The van der Waals surface area contributed by atoms with Crippen molar-refractivity contribution in [3.05, 3.63) is 97.4 Å². The van der Waals surface area contributed by atoms with Gasteiger partial charge in [-0.1, -0.05) is 23.7 Å². The Morgan fingerprint density at radius 1 is 1.18 bits per heavy atom. The third-order valence-corrected chi connectivity index (χ3v) is 6.48. The molecule has 0 saturated heterocycles. The van der Waals surface area contributed by atoms with E-state index in [2.05, 4.69) is 5.32 Å². The van der Waals surface area contributed by atoms with Crippen LogP contribution in [0.2, 0.25) is 5.02 Å². The van der Waals surface area contributed by atoms with Crippen LogP contribution >= 0.6 is 11.6 Å². The van der Waals surface area contributed by atoms with E-state index in [1.807, 2.05) is 12.1 Å². The number of nitrogens with zero attached hydrogens (tertiary/aromatic N) is 2. The first kappa shape index (κ1) is 22.1. The van der Waals surface area contributed by atoms with Gasteiger partial charge >= 0.3 is 0 Å². The molecule has 1 unspecified atom stereocenters. The Kier molecular flexibility index (Phi) is 5.36. The molecule has 2 aromatic carbocycles. The molecule has 1 atom stereocenters. The predicted octanol–water partition coefficient (Wildman–Crippen LogP) is 3.02. The van der Waals surface area contributed by atoms with Gasteiger partial charge in [-0.15, -0.1) is 0 Å². The Balaban J connectivity index is 1.55. The molecule has 0 fully saturated rings. The smallest absolute Gasteiger partial charge is 0.274 e. The Hall–Kier alpha value is -3.72. The number of halogens is 3. The highest BCUT2D eigenvalue weighted by Crippen LogP contribution is 2.35. The third kappa shape index (κ3) is 3.62. The highest BCUT2D eigenvalue weighted by Gasteiger charge is 2.38. The van der Waals surface area contributed by atoms with Crippen molar-refractivity contribution >= 4 is 23.4 Å². The molecule has 0 saturated carbocycles. The zero-order valence-corrected chi connectivity index (χ0v) is 18.4. The molecule has 0 radical (unpaired) electrons. The summed E-state index contributed by atoms with van der Waals surface area (Å²) in [5.74, 6) is -3.79. The maximum absolute atomic E-state index is 13.9. The average molecular weight is 486 g/mol. The fourth-order valence-corrected chi connectivity index (χ4v) is 4.71. The van der Waals surface area contributed by atoms with Gasteiger partial charge in [0.05, 0.1) is 6.04 Å². The second kappa shape index (κ2) is 8.25. The van der Waals surface area contributed by atoms with Crippen molar-refractivity contribution in [2.45, 2.75) is 19.0 Å². The lowest BCUT2D eigenvalue weighted by atomic mass is 9.97. The summed E-state index contributed by atoms with van der Waals surface area (Å²) in [5, 5.41) is 13.6. The summed E-state index contributed by atoms with van der Waals surface area (Å²) >= 11 is 6.15. The van der Waals surface area contributed by atoms with Crippen LogP contribution < -0.4 is 10.7 Å². The summed E-state index contributed by atoms with van der Waals surface area (Å²) in [4.78, 5) is 40.2. The van der Waals surface area contributed by atoms with Crippen LogP contribution in [-0.4, -0.2) is 39.5 Å². The number of aromatic nitrogens is 1. The molecule has 5 rings (SSSR count). The van der Waals surface area contributed by atoms with Crippen LogP contribution in [0.15, 0.2) is 47.4 Å². The van der Waals surface area contributed by atoms with Crippen LogP contribution in [0, 0.1) is 11.6 Å². The van der Waals surface area contributed by atoms with E-state index < -0.39 is 46.2 Å². The number of aromatic hydroxyl groups is 1. The third-order valence-electron chi connectivity index (χ3n) is 6.24. The first-order valence-corrected chi connectivity index (χ1v) is 10.9. The lowest BCUT2D eigenvalue weighted by molar-refractivity contribution is 0.0686. The molecule has 2 aliphatic rings. The number of carbonyl (C=O) groups is 2. The molecule has 1 aromatic heterocycles. The number of pyridine rings is 1. The van der Waals surface area contributed by atoms with E-state index in [0.717, 1.165) is 17.2 Å². The van der Waals surface area contributed by atoms with Gasteiger partial charge < -0.3 is 19.9 Å². The number of nitrogens with one attached hydrogen (secondary N) is 1. The molecule has 2 bridgehead atoms. The van der Waals surface area contributed by atoms with Gasteiger partial charge in [0.15, 0.2) is 11.4 Å². The van der Waals surface area contributed by atoms with Gasteiger partial charge in [-0.3, -0.25) is 14.4 Å². The van der Waals surface area contributed by atoms with E-state index in [-0.39, 0.29) is 17.8 Å². The molecule has 2 N–H and O–H groups in total. The van der Waals surface area contributed by atoms with Crippen LogP contribution in [0.25, 0.3) is 0 Å². The highest BCUT2D eigenvalue weighted by molar-refractivity contribution is 6.30. The van der Waals surface area contributed by atoms with E-state index in [0.29, 0.717) is 30.6 Å². The fraction of sp³-hybridized carbons (Fsp3) is 0.208. The lowest BCUT2D eigenvalue weighted by Gasteiger charge is -2.35. The number of benzene rings is 2. The summed E-state index contributed by atoms with van der Waals surface area (Å²) in [7, 11) is 0. The molecular weight excluding hydrogens is 468 g/mol. The van der Waals surface area contributed by atoms with E-state index >= 15 is 0 Å². The number of hydrogen-bond acceptors (Lipinski definition) is 4. The topological polar surface area (TPSA) is 91.6 Å².